The molecule has 9 heteroatoms. The van der Waals surface area contributed by atoms with Crippen molar-refractivity contribution in [3.63, 3.8) is 0 Å². The highest BCUT2D eigenvalue weighted by atomic mass is 127. The van der Waals surface area contributed by atoms with Crippen LogP contribution in [0, 0.1) is 11.3 Å². The first kappa shape index (κ1) is 25.9. The molecule has 2 N–H and O–H groups in total. The van der Waals surface area contributed by atoms with Gasteiger partial charge in [0.1, 0.15) is 6.07 Å². The van der Waals surface area contributed by atoms with Gasteiger partial charge in [0.15, 0.2) is 15.8 Å². The molecule has 1 aliphatic rings. The average Bonchev–Trinajstić information content (AvgIpc) is 2.78. The molecule has 0 saturated carbocycles. The lowest BCUT2D eigenvalue weighted by Gasteiger charge is -2.35. The Morgan fingerprint density at radius 1 is 1.22 bits per heavy atom. The van der Waals surface area contributed by atoms with Gasteiger partial charge in [-0.2, -0.15) is 5.26 Å². The van der Waals surface area contributed by atoms with E-state index in [1.54, 1.807) is 19.2 Å². The Balaban J connectivity index is 0.00000363. The minimum Gasteiger partial charge on any atom is -0.368 e. The van der Waals surface area contributed by atoms with Gasteiger partial charge < -0.3 is 15.5 Å². The van der Waals surface area contributed by atoms with E-state index in [0.717, 1.165) is 49.6 Å². The lowest BCUT2D eigenvalue weighted by atomic mass is 10.0. The Morgan fingerprint density at radius 2 is 1.94 bits per heavy atom. The second-order valence-corrected chi connectivity index (χ2v) is 9.74. The van der Waals surface area contributed by atoms with E-state index in [9.17, 15) is 13.7 Å². The number of hydrogen-bond acceptors (Lipinski definition) is 5. The summed E-state index contributed by atoms with van der Waals surface area (Å²) >= 11 is 0. The number of para-hydroxylation sites is 1. The summed E-state index contributed by atoms with van der Waals surface area (Å²) in [5.74, 6) is 0.744. The Bertz CT molecular complexity index is 1060. The van der Waals surface area contributed by atoms with Gasteiger partial charge in [-0.15, -0.1) is 24.0 Å². The molecule has 1 heterocycles. The quantitative estimate of drug-likeness (QED) is 0.317. The first-order valence-corrected chi connectivity index (χ1v) is 12.3. The van der Waals surface area contributed by atoms with Crippen LogP contribution in [-0.4, -0.2) is 53.4 Å². The van der Waals surface area contributed by atoms with Crippen molar-refractivity contribution in [2.45, 2.75) is 30.2 Å². The van der Waals surface area contributed by atoms with E-state index in [4.69, 9.17) is 0 Å². The highest BCUT2D eigenvalue weighted by Gasteiger charge is 2.22. The number of nitriles is 1. The first-order valence-electron chi connectivity index (χ1n) is 10.4. The molecule has 1 saturated heterocycles. The van der Waals surface area contributed by atoms with Crippen LogP contribution < -0.4 is 15.5 Å². The normalized spacial score (nSPS) is 16.6. The number of rotatable bonds is 6. The highest BCUT2D eigenvalue weighted by Crippen LogP contribution is 2.23. The Morgan fingerprint density at radius 3 is 2.59 bits per heavy atom. The third-order valence-electron chi connectivity index (χ3n) is 5.41. The van der Waals surface area contributed by atoms with Crippen molar-refractivity contribution in [3.8, 4) is 6.07 Å². The molecule has 0 spiro atoms. The Labute approximate surface area is 207 Å². The summed E-state index contributed by atoms with van der Waals surface area (Å²) in [4.78, 5) is 6.93. The molecule has 1 atom stereocenters. The van der Waals surface area contributed by atoms with Crippen molar-refractivity contribution >= 4 is 45.5 Å². The third kappa shape index (κ3) is 7.10. The summed E-state index contributed by atoms with van der Waals surface area (Å²) < 4.78 is 23.1. The Kier molecular flexibility index (Phi) is 9.78. The van der Waals surface area contributed by atoms with Crippen LogP contribution >= 0.6 is 24.0 Å². The fraction of sp³-hybridized carbons (Fsp3) is 0.391. The number of anilines is 1. The van der Waals surface area contributed by atoms with Crippen molar-refractivity contribution in [1.29, 1.82) is 5.26 Å². The SMILES string of the molecule is CN=C(NCCc1ccc(S(C)(=O)=O)cc1)NC1CCCN(c2ccccc2C#N)C1.I. The molecule has 32 heavy (non-hydrogen) atoms. The predicted octanol–water partition coefficient (Wildman–Crippen LogP) is 2.96. The molecule has 3 rings (SSSR count). The number of sulfone groups is 1. The Hall–Kier alpha value is -2.32. The van der Waals surface area contributed by atoms with E-state index in [1.165, 1.54) is 6.26 Å². The van der Waals surface area contributed by atoms with E-state index in [-0.39, 0.29) is 30.0 Å². The number of halogens is 1. The van der Waals surface area contributed by atoms with Crippen molar-refractivity contribution in [3.05, 3.63) is 59.7 Å². The average molecular weight is 567 g/mol. The first-order chi connectivity index (χ1) is 14.9. The van der Waals surface area contributed by atoms with Gasteiger partial charge in [-0.05, 0) is 49.1 Å². The number of nitrogens with zero attached hydrogens (tertiary/aromatic N) is 3. The van der Waals surface area contributed by atoms with E-state index < -0.39 is 9.84 Å². The summed E-state index contributed by atoms with van der Waals surface area (Å²) in [6, 6.07) is 17.2. The molecule has 172 valence electrons. The number of aliphatic imine (C=N–C) groups is 1. The summed E-state index contributed by atoms with van der Waals surface area (Å²) in [6.07, 6.45) is 4.06. The molecule has 0 amide bonds. The summed E-state index contributed by atoms with van der Waals surface area (Å²) in [6.45, 7) is 2.43. The fourth-order valence-electron chi connectivity index (χ4n) is 3.77. The minimum absolute atomic E-state index is 0. The highest BCUT2D eigenvalue weighted by molar-refractivity contribution is 14.0. The van der Waals surface area contributed by atoms with Gasteiger partial charge in [0.25, 0.3) is 0 Å². The van der Waals surface area contributed by atoms with E-state index in [2.05, 4.69) is 26.6 Å². The standard InChI is InChI=1S/C23H29N5O2S.HI/c1-25-23(26-14-13-18-9-11-21(12-10-18)31(2,29)30)27-20-7-5-15-28(17-20)22-8-4-3-6-19(22)16-24;/h3-4,6,8-12,20H,5,7,13-15,17H2,1-2H3,(H2,25,26,27);1H. The maximum Gasteiger partial charge on any atom is 0.191 e. The van der Waals surface area contributed by atoms with Crippen molar-refractivity contribution < 1.29 is 8.42 Å². The molecule has 0 bridgehead atoms. The zero-order valence-electron chi connectivity index (χ0n) is 18.4. The van der Waals surface area contributed by atoms with Crippen LogP contribution in [0.25, 0.3) is 0 Å². The zero-order valence-corrected chi connectivity index (χ0v) is 21.6. The molecule has 0 radical (unpaired) electrons. The molecule has 0 aliphatic carbocycles. The topological polar surface area (TPSA) is 97.6 Å². The van der Waals surface area contributed by atoms with Gasteiger partial charge in [-0.1, -0.05) is 24.3 Å². The molecule has 1 aliphatic heterocycles. The van der Waals surface area contributed by atoms with Crippen molar-refractivity contribution in [2.75, 3.05) is 37.8 Å². The molecule has 2 aromatic carbocycles. The number of nitrogens with one attached hydrogen (secondary N) is 2. The smallest absolute Gasteiger partial charge is 0.191 e. The predicted molar refractivity (Wildman–Crippen MR) is 140 cm³/mol. The fourth-order valence-corrected chi connectivity index (χ4v) is 4.40. The largest absolute Gasteiger partial charge is 0.368 e. The third-order valence-corrected chi connectivity index (χ3v) is 6.54. The van der Waals surface area contributed by atoms with Crippen LogP contribution in [-0.2, 0) is 16.3 Å². The van der Waals surface area contributed by atoms with Gasteiger partial charge in [0.05, 0.1) is 16.1 Å². The van der Waals surface area contributed by atoms with Crippen LogP contribution in [0.1, 0.15) is 24.0 Å². The number of hydrogen-bond donors (Lipinski definition) is 2. The van der Waals surface area contributed by atoms with E-state index in [0.29, 0.717) is 17.0 Å². The van der Waals surface area contributed by atoms with Crippen molar-refractivity contribution in [2.24, 2.45) is 4.99 Å². The molecule has 2 aromatic rings. The van der Waals surface area contributed by atoms with Gasteiger partial charge in [0, 0.05) is 39.0 Å². The van der Waals surface area contributed by atoms with E-state index >= 15 is 0 Å². The second-order valence-electron chi connectivity index (χ2n) is 7.72. The van der Waals surface area contributed by atoms with Crippen LogP contribution in [0.15, 0.2) is 58.4 Å². The molecular formula is C23H30IN5O2S. The van der Waals surface area contributed by atoms with Gasteiger partial charge >= 0.3 is 0 Å². The number of benzene rings is 2. The monoisotopic (exact) mass is 567 g/mol. The van der Waals surface area contributed by atoms with E-state index in [1.807, 2.05) is 36.4 Å². The minimum atomic E-state index is -3.17. The summed E-state index contributed by atoms with van der Waals surface area (Å²) in [7, 11) is -1.42. The summed E-state index contributed by atoms with van der Waals surface area (Å²) in [5, 5.41) is 16.2. The van der Waals surface area contributed by atoms with Gasteiger partial charge in [-0.3, -0.25) is 4.99 Å². The van der Waals surface area contributed by atoms with Gasteiger partial charge in [0.2, 0.25) is 0 Å². The molecule has 1 unspecified atom stereocenters. The number of guanidine groups is 1. The lowest BCUT2D eigenvalue weighted by Crippen LogP contribution is -2.51. The van der Waals surface area contributed by atoms with Crippen LogP contribution in [0.5, 0.6) is 0 Å². The molecular weight excluding hydrogens is 537 g/mol. The maximum absolute atomic E-state index is 11.6. The zero-order chi connectivity index (χ0) is 22.3. The summed E-state index contributed by atoms with van der Waals surface area (Å²) in [5.41, 5.74) is 2.75. The van der Waals surface area contributed by atoms with Crippen LogP contribution in [0.3, 0.4) is 0 Å². The number of piperidine rings is 1. The molecule has 0 aromatic heterocycles. The van der Waals surface area contributed by atoms with Crippen LogP contribution in [0.2, 0.25) is 0 Å². The van der Waals surface area contributed by atoms with Gasteiger partial charge in [-0.25, -0.2) is 8.42 Å². The van der Waals surface area contributed by atoms with Crippen molar-refractivity contribution in [1.82, 2.24) is 10.6 Å². The maximum atomic E-state index is 11.6. The second kappa shape index (κ2) is 12.1. The molecule has 7 nitrogen and oxygen atoms in total. The lowest BCUT2D eigenvalue weighted by molar-refractivity contribution is 0.468. The van der Waals surface area contributed by atoms with Crippen LogP contribution in [0.4, 0.5) is 5.69 Å². The molecule has 1 fully saturated rings.